The van der Waals surface area contributed by atoms with Gasteiger partial charge in [0.25, 0.3) is 0 Å². The molecule has 4 heteroatoms. The smallest absolute Gasteiger partial charge is 0.0794 e. The Hall–Kier alpha value is -3.79. The highest BCUT2D eigenvalue weighted by atomic mass is 15.3. The van der Waals surface area contributed by atoms with E-state index in [1.54, 1.807) is 0 Å². The summed E-state index contributed by atoms with van der Waals surface area (Å²) in [6, 6.07) is 22.4. The first kappa shape index (κ1) is 23.6. The molecule has 0 spiro atoms. The van der Waals surface area contributed by atoms with Crippen molar-refractivity contribution in [2.24, 2.45) is 0 Å². The van der Waals surface area contributed by atoms with Gasteiger partial charge in [0.15, 0.2) is 0 Å². The maximum Gasteiger partial charge on any atom is 0.0794 e. The van der Waals surface area contributed by atoms with Crippen molar-refractivity contribution in [1.82, 2.24) is 14.8 Å². The van der Waals surface area contributed by atoms with Crippen molar-refractivity contribution in [3.05, 3.63) is 100 Å². The van der Waals surface area contributed by atoms with Gasteiger partial charge in [0, 0.05) is 53.4 Å². The molecule has 0 bridgehead atoms. The molecule has 188 valence electrons. The lowest BCUT2D eigenvalue weighted by atomic mass is 9.86. The third-order valence-electron chi connectivity index (χ3n) is 7.93. The normalized spacial score (nSPS) is 13.8. The van der Waals surface area contributed by atoms with Crippen molar-refractivity contribution >= 4 is 16.6 Å². The number of H-pyrrole nitrogens is 1. The average Bonchev–Trinajstić information content (AvgIpc) is 3.47. The maximum atomic E-state index is 5.28. The first-order valence-corrected chi connectivity index (χ1v) is 13.3. The van der Waals surface area contributed by atoms with Gasteiger partial charge in [0.1, 0.15) is 0 Å². The summed E-state index contributed by atoms with van der Waals surface area (Å²) in [6.45, 7) is 15.3. The predicted octanol–water partition coefficient (Wildman–Crippen LogP) is 7.81. The number of aromatic amines is 1. The van der Waals surface area contributed by atoms with Gasteiger partial charge in [0.05, 0.1) is 17.1 Å². The molecule has 6 rings (SSSR count). The van der Waals surface area contributed by atoms with E-state index in [9.17, 15) is 0 Å². The van der Waals surface area contributed by atoms with Gasteiger partial charge in [-0.05, 0) is 72.7 Å². The number of aryl methyl sites for hydroxylation is 3. The SMILES string of the molecule is Cc1ccc(C(C)(C)C)cc1N1CCc2nn(-c3c(C)cccc3C)c(-c3ccc4[nH]ccc4c3)c2C1. The van der Waals surface area contributed by atoms with Gasteiger partial charge < -0.3 is 9.88 Å². The van der Waals surface area contributed by atoms with Crippen LogP contribution in [0.5, 0.6) is 0 Å². The molecule has 1 aliphatic heterocycles. The van der Waals surface area contributed by atoms with Gasteiger partial charge in [-0.1, -0.05) is 57.2 Å². The molecule has 1 N–H and O–H groups in total. The number of rotatable bonds is 3. The van der Waals surface area contributed by atoms with E-state index in [1.807, 2.05) is 6.20 Å². The Morgan fingerprint density at radius 2 is 1.65 bits per heavy atom. The number of fused-ring (bicyclic) bond motifs is 2. The van der Waals surface area contributed by atoms with Gasteiger partial charge in [-0.15, -0.1) is 0 Å². The summed E-state index contributed by atoms with van der Waals surface area (Å²) < 4.78 is 2.23. The number of aromatic nitrogens is 3. The van der Waals surface area contributed by atoms with Gasteiger partial charge in [-0.2, -0.15) is 5.10 Å². The van der Waals surface area contributed by atoms with Crippen molar-refractivity contribution < 1.29 is 0 Å². The molecule has 2 aromatic heterocycles. The van der Waals surface area contributed by atoms with Crippen LogP contribution in [0.4, 0.5) is 5.69 Å². The number of para-hydroxylation sites is 1. The quantitative estimate of drug-likeness (QED) is 0.281. The third-order valence-corrected chi connectivity index (χ3v) is 7.93. The summed E-state index contributed by atoms with van der Waals surface area (Å²) >= 11 is 0. The van der Waals surface area contributed by atoms with Gasteiger partial charge in [0.2, 0.25) is 0 Å². The van der Waals surface area contributed by atoms with Gasteiger partial charge >= 0.3 is 0 Å². The van der Waals surface area contributed by atoms with E-state index < -0.39 is 0 Å². The molecule has 3 aromatic carbocycles. The number of benzene rings is 3. The van der Waals surface area contributed by atoms with Crippen LogP contribution in [-0.2, 0) is 18.4 Å². The lowest BCUT2D eigenvalue weighted by Crippen LogP contribution is -2.31. The Balaban J connectivity index is 1.53. The van der Waals surface area contributed by atoms with E-state index in [0.717, 1.165) is 25.0 Å². The molecule has 1 aliphatic rings. The Labute approximate surface area is 220 Å². The molecule has 0 fully saturated rings. The highest BCUT2D eigenvalue weighted by Crippen LogP contribution is 2.38. The summed E-state index contributed by atoms with van der Waals surface area (Å²) in [5.41, 5.74) is 14.0. The number of hydrogen-bond acceptors (Lipinski definition) is 2. The van der Waals surface area contributed by atoms with Gasteiger partial charge in [-0.25, -0.2) is 4.68 Å². The molecule has 0 amide bonds. The largest absolute Gasteiger partial charge is 0.366 e. The van der Waals surface area contributed by atoms with Crippen LogP contribution in [0.15, 0.2) is 66.9 Å². The molecular weight excluding hydrogens is 452 g/mol. The van der Waals surface area contributed by atoms with E-state index >= 15 is 0 Å². The number of hydrogen-bond donors (Lipinski definition) is 1. The minimum Gasteiger partial charge on any atom is -0.366 e. The molecule has 0 aliphatic carbocycles. The minimum absolute atomic E-state index is 0.119. The standard InChI is InChI=1S/C33H36N4/c1-21-10-12-26(33(4,5)6)19-30(21)36-17-15-29-27(20-36)32(25-11-13-28-24(18-25)14-16-34-28)37(35-29)31-22(2)8-7-9-23(31)3/h7-14,16,18-19,34H,15,17,20H2,1-6H3. The number of nitrogens with zero attached hydrogens (tertiary/aromatic N) is 3. The van der Waals surface area contributed by atoms with Crippen LogP contribution in [-0.4, -0.2) is 21.3 Å². The third kappa shape index (κ3) is 4.05. The van der Waals surface area contributed by atoms with Crippen LogP contribution in [0.25, 0.3) is 27.8 Å². The number of anilines is 1. The van der Waals surface area contributed by atoms with Crippen molar-refractivity contribution in [2.45, 2.75) is 59.9 Å². The lowest BCUT2D eigenvalue weighted by Gasteiger charge is -2.32. The zero-order chi connectivity index (χ0) is 25.9. The summed E-state index contributed by atoms with van der Waals surface area (Å²) in [7, 11) is 0. The highest BCUT2D eigenvalue weighted by Gasteiger charge is 2.28. The molecule has 0 unspecified atom stereocenters. The molecule has 4 nitrogen and oxygen atoms in total. The number of nitrogens with one attached hydrogen (secondary N) is 1. The molecule has 3 heterocycles. The fraction of sp³-hybridized carbons (Fsp3) is 0.303. The molecule has 0 atom stereocenters. The molecule has 0 radical (unpaired) electrons. The van der Waals surface area contributed by atoms with E-state index in [1.165, 1.54) is 61.5 Å². The average molecular weight is 489 g/mol. The van der Waals surface area contributed by atoms with E-state index in [0.29, 0.717) is 0 Å². The molecule has 37 heavy (non-hydrogen) atoms. The topological polar surface area (TPSA) is 36.9 Å². The molecule has 0 saturated heterocycles. The van der Waals surface area contributed by atoms with E-state index in [-0.39, 0.29) is 5.41 Å². The highest BCUT2D eigenvalue weighted by molar-refractivity contribution is 5.85. The Bertz CT molecular complexity index is 1610. The fourth-order valence-corrected chi connectivity index (χ4v) is 5.79. The van der Waals surface area contributed by atoms with Crippen LogP contribution in [0.2, 0.25) is 0 Å². The second-order valence-corrected chi connectivity index (χ2v) is 11.6. The minimum atomic E-state index is 0.119. The lowest BCUT2D eigenvalue weighted by molar-refractivity contribution is 0.589. The Morgan fingerprint density at radius 1 is 0.865 bits per heavy atom. The van der Waals surface area contributed by atoms with Crippen molar-refractivity contribution in [3.8, 4) is 16.9 Å². The van der Waals surface area contributed by atoms with Crippen LogP contribution in [0.3, 0.4) is 0 Å². The molecular formula is C33H36N4. The molecule has 0 saturated carbocycles. The fourth-order valence-electron chi connectivity index (χ4n) is 5.79. The van der Waals surface area contributed by atoms with E-state index in [4.69, 9.17) is 5.10 Å². The summed E-state index contributed by atoms with van der Waals surface area (Å²) in [6.07, 6.45) is 2.95. The summed E-state index contributed by atoms with van der Waals surface area (Å²) in [5, 5.41) is 6.50. The summed E-state index contributed by atoms with van der Waals surface area (Å²) in [4.78, 5) is 5.90. The van der Waals surface area contributed by atoms with Crippen LogP contribution >= 0.6 is 0 Å². The Morgan fingerprint density at radius 3 is 2.41 bits per heavy atom. The maximum absolute atomic E-state index is 5.28. The zero-order valence-corrected chi connectivity index (χ0v) is 22.8. The van der Waals surface area contributed by atoms with Crippen molar-refractivity contribution in [3.63, 3.8) is 0 Å². The van der Waals surface area contributed by atoms with Gasteiger partial charge in [-0.3, -0.25) is 0 Å². The summed E-state index contributed by atoms with van der Waals surface area (Å²) in [5.74, 6) is 0. The first-order chi connectivity index (χ1) is 17.7. The predicted molar refractivity (Wildman–Crippen MR) is 155 cm³/mol. The Kier molecular flexibility index (Phi) is 5.52. The second-order valence-electron chi connectivity index (χ2n) is 11.6. The van der Waals surface area contributed by atoms with Crippen molar-refractivity contribution in [1.29, 1.82) is 0 Å². The molecule has 5 aromatic rings. The van der Waals surface area contributed by atoms with E-state index in [2.05, 4.69) is 117 Å². The monoisotopic (exact) mass is 488 g/mol. The van der Waals surface area contributed by atoms with Crippen molar-refractivity contribution in [2.75, 3.05) is 11.4 Å². The first-order valence-electron chi connectivity index (χ1n) is 13.3. The van der Waals surface area contributed by atoms with Crippen LogP contribution < -0.4 is 4.90 Å². The second kappa shape index (κ2) is 8.65. The zero-order valence-electron chi connectivity index (χ0n) is 22.8. The van der Waals surface area contributed by atoms with Crippen LogP contribution in [0.1, 0.15) is 54.3 Å². The van der Waals surface area contributed by atoms with Crippen LogP contribution in [0, 0.1) is 20.8 Å².